The van der Waals surface area contributed by atoms with Crippen molar-refractivity contribution < 1.29 is 4.79 Å². The zero-order chi connectivity index (χ0) is 21.4. The first kappa shape index (κ1) is 19.2. The van der Waals surface area contributed by atoms with Crippen LogP contribution in [0.5, 0.6) is 0 Å². The maximum absolute atomic E-state index is 13.4. The van der Waals surface area contributed by atoms with E-state index in [1.54, 1.807) is 15.9 Å². The van der Waals surface area contributed by atoms with E-state index < -0.39 is 0 Å². The minimum Gasteiger partial charge on any atom is -0.334 e. The molecule has 156 valence electrons. The van der Waals surface area contributed by atoms with Crippen LogP contribution in [-0.2, 0) is 12.8 Å². The molecule has 2 heterocycles. The molecule has 0 N–H and O–H groups in total. The average Bonchev–Trinajstić information content (AvgIpc) is 3.57. The second kappa shape index (κ2) is 7.83. The van der Waals surface area contributed by atoms with Gasteiger partial charge in [0.1, 0.15) is 12.7 Å². The van der Waals surface area contributed by atoms with E-state index in [2.05, 4.69) is 10.1 Å². The van der Waals surface area contributed by atoms with Crippen molar-refractivity contribution in [2.75, 3.05) is 7.05 Å². The number of carbonyl (C=O) groups is 1. The Kier molecular flexibility index (Phi) is 4.86. The van der Waals surface area contributed by atoms with Gasteiger partial charge in [0.2, 0.25) is 0 Å². The first-order valence-corrected chi connectivity index (χ1v) is 10.5. The van der Waals surface area contributed by atoms with Gasteiger partial charge in [-0.15, -0.1) is 0 Å². The second-order valence-electron chi connectivity index (χ2n) is 7.90. The minimum atomic E-state index is -0.0868. The second-order valence-corrected chi connectivity index (χ2v) is 7.90. The number of carbonyl (C=O) groups excluding carboxylic acids is 1. The largest absolute Gasteiger partial charge is 0.334 e. The zero-order valence-corrected chi connectivity index (χ0v) is 17.6. The quantitative estimate of drug-likeness (QED) is 0.500. The van der Waals surface area contributed by atoms with Crippen molar-refractivity contribution in [3.8, 4) is 11.4 Å². The summed E-state index contributed by atoms with van der Waals surface area (Å²) in [7, 11) is 1.85. The Bertz CT molecular complexity index is 1200. The van der Waals surface area contributed by atoms with Crippen LogP contribution in [0, 0.1) is 0 Å². The van der Waals surface area contributed by atoms with E-state index in [1.165, 1.54) is 6.33 Å². The van der Waals surface area contributed by atoms with Gasteiger partial charge in [-0.25, -0.2) is 14.3 Å². The maximum atomic E-state index is 13.4. The van der Waals surface area contributed by atoms with Crippen LogP contribution < -0.4 is 0 Å². The van der Waals surface area contributed by atoms with E-state index in [4.69, 9.17) is 5.10 Å². The van der Waals surface area contributed by atoms with Gasteiger partial charge in [-0.1, -0.05) is 30.3 Å². The van der Waals surface area contributed by atoms with Crippen molar-refractivity contribution in [2.45, 2.75) is 32.2 Å². The fourth-order valence-corrected chi connectivity index (χ4v) is 4.21. The van der Waals surface area contributed by atoms with Crippen molar-refractivity contribution in [3.63, 3.8) is 0 Å². The Morgan fingerprint density at radius 2 is 1.81 bits per heavy atom. The van der Waals surface area contributed by atoms with Gasteiger partial charge in [0.25, 0.3) is 5.91 Å². The van der Waals surface area contributed by atoms with Crippen molar-refractivity contribution in [1.29, 1.82) is 0 Å². The van der Waals surface area contributed by atoms with Gasteiger partial charge in [0.05, 0.1) is 17.4 Å². The summed E-state index contributed by atoms with van der Waals surface area (Å²) in [6, 6.07) is 18.0. The molecule has 0 unspecified atom stereocenters. The Labute approximate surface area is 181 Å². The van der Waals surface area contributed by atoms with Crippen LogP contribution >= 0.6 is 0 Å². The van der Waals surface area contributed by atoms with Gasteiger partial charge >= 0.3 is 0 Å². The lowest BCUT2D eigenvalue weighted by Gasteiger charge is -2.25. The van der Waals surface area contributed by atoms with Gasteiger partial charge < -0.3 is 4.90 Å². The van der Waals surface area contributed by atoms with E-state index in [1.807, 2.05) is 73.3 Å². The number of nitrogens with zero attached hydrogens (tertiary/aromatic N) is 6. The summed E-state index contributed by atoms with van der Waals surface area (Å²) in [5.74, 6) is -0.0410. The van der Waals surface area contributed by atoms with E-state index in [9.17, 15) is 4.79 Å². The Morgan fingerprint density at radius 3 is 2.52 bits per heavy atom. The van der Waals surface area contributed by atoms with Gasteiger partial charge in [0, 0.05) is 18.3 Å². The molecule has 4 aromatic rings. The predicted octanol–water partition coefficient (Wildman–Crippen LogP) is 3.77. The molecule has 0 fully saturated rings. The number of fused-ring (bicyclic) bond motifs is 1. The molecule has 7 nitrogen and oxygen atoms in total. The molecule has 0 radical (unpaired) electrons. The third kappa shape index (κ3) is 3.42. The molecule has 1 aliphatic rings. The number of rotatable bonds is 5. The van der Waals surface area contributed by atoms with Crippen molar-refractivity contribution in [2.24, 2.45) is 0 Å². The first-order chi connectivity index (χ1) is 15.1. The molecule has 5 rings (SSSR count). The number of aromatic nitrogens is 5. The number of benzene rings is 2. The van der Waals surface area contributed by atoms with E-state index >= 15 is 0 Å². The summed E-state index contributed by atoms with van der Waals surface area (Å²) in [6.45, 7) is 2.04. The molecule has 1 atom stereocenters. The highest BCUT2D eigenvalue weighted by Crippen LogP contribution is 2.30. The number of amides is 1. The zero-order valence-electron chi connectivity index (χ0n) is 17.6. The molecule has 0 spiro atoms. The van der Waals surface area contributed by atoms with Crippen LogP contribution in [0.2, 0.25) is 0 Å². The van der Waals surface area contributed by atoms with Crippen molar-refractivity contribution >= 4 is 5.91 Å². The molecule has 0 saturated heterocycles. The van der Waals surface area contributed by atoms with Crippen LogP contribution in [0.4, 0.5) is 0 Å². The molecule has 0 aliphatic heterocycles. The number of hydrogen-bond donors (Lipinski definition) is 0. The average molecular weight is 412 g/mol. The fraction of sp³-hybridized carbons (Fsp3) is 0.250. The van der Waals surface area contributed by atoms with Gasteiger partial charge in [-0.3, -0.25) is 4.79 Å². The minimum absolute atomic E-state index is 0.0410. The molecule has 31 heavy (non-hydrogen) atoms. The van der Waals surface area contributed by atoms with Crippen LogP contribution in [0.15, 0.2) is 67.3 Å². The number of para-hydroxylation sites is 1. The Balaban J connectivity index is 1.41. The lowest BCUT2D eigenvalue weighted by atomic mass is 10.1. The molecule has 0 bridgehead atoms. The van der Waals surface area contributed by atoms with Gasteiger partial charge in [0.15, 0.2) is 5.69 Å². The van der Waals surface area contributed by atoms with Crippen LogP contribution in [0.25, 0.3) is 11.4 Å². The molecule has 1 aliphatic carbocycles. The highest BCUT2D eigenvalue weighted by Gasteiger charge is 2.30. The predicted molar refractivity (Wildman–Crippen MR) is 117 cm³/mol. The lowest BCUT2D eigenvalue weighted by molar-refractivity contribution is 0.0735. The monoisotopic (exact) mass is 412 g/mol. The third-order valence-electron chi connectivity index (χ3n) is 6.09. The Morgan fingerprint density at radius 1 is 1.03 bits per heavy atom. The SMILES string of the molecule is C[C@@H](c1ccc(-n2cncn2)cc1)N(C)C(=O)c1nn(-c2ccccc2)c2c1CCC2. The topological polar surface area (TPSA) is 68.8 Å². The fourth-order valence-electron chi connectivity index (χ4n) is 4.21. The first-order valence-electron chi connectivity index (χ1n) is 10.5. The lowest BCUT2D eigenvalue weighted by Crippen LogP contribution is -2.30. The van der Waals surface area contributed by atoms with Crippen molar-refractivity contribution in [1.82, 2.24) is 29.4 Å². The molecule has 2 aromatic carbocycles. The summed E-state index contributed by atoms with van der Waals surface area (Å²) in [4.78, 5) is 19.2. The summed E-state index contributed by atoms with van der Waals surface area (Å²) in [5.41, 5.74) is 5.81. The van der Waals surface area contributed by atoms with E-state index in [-0.39, 0.29) is 11.9 Å². The summed E-state index contributed by atoms with van der Waals surface area (Å²) >= 11 is 0. The molecular weight excluding hydrogens is 388 g/mol. The standard InChI is InChI=1S/C24H24N6O/c1-17(18-11-13-19(14-12-18)29-16-25-15-26-29)28(2)24(31)23-21-9-6-10-22(21)30(27-23)20-7-4-3-5-8-20/h3-5,7-8,11-17H,6,9-10H2,1-2H3/t17-/m0/s1. The highest BCUT2D eigenvalue weighted by molar-refractivity contribution is 5.94. The maximum Gasteiger partial charge on any atom is 0.274 e. The third-order valence-corrected chi connectivity index (χ3v) is 6.09. The van der Waals surface area contributed by atoms with Crippen molar-refractivity contribution in [3.05, 3.63) is 89.8 Å². The van der Waals surface area contributed by atoms with Gasteiger partial charge in [-0.05, 0) is 56.0 Å². The summed E-state index contributed by atoms with van der Waals surface area (Å²) in [5, 5.41) is 8.91. The van der Waals surface area contributed by atoms with Crippen LogP contribution in [-0.4, -0.2) is 42.4 Å². The molecule has 0 saturated carbocycles. The van der Waals surface area contributed by atoms with E-state index in [0.717, 1.165) is 47.5 Å². The normalized spacial score (nSPS) is 13.7. The van der Waals surface area contributed by atoms with Crippen LogP contribution in [0.1, 0.15) is 46.7 Å². The highest BCUT2D eigenvalue weighted by atomic mass is 16.2. The Hall–Kier alpha value is -3.74. The number of hydrogen-bond acceptors (Lipinski definition) is 4. The molecule has 2 aromatic heterocycles. The van der Waals surface area contributed by atoms with Crippen LogP contribution in [0.3, 0.4) is 0 Å². The smallest absolute Gasteiger partial charge is 0.274 e. The van der Waals surface area contributed by atoms with E-state index in [0.29, 0.717) is 5.69 Å². The molecular formula is C24H24N6O. The molecule has 7 heteroatoms. The summed E-state index contributed by atoms with van der Waals surface area (Å²) in [6.07, 6.45) is 6.09. The molecule has 1 amide bonds. The van der Waals surface area contributed by atoms with Gasteiger partial charge in [-0.2, -0.15) is 10.2 Å². The summed E-state index contributed by atoms with van der Waals surface area (Å²) < 4.78 is 3.66.